The number of amides is 2. The van der Waals surface area contributed by atoms with E-state index in [-0.39, 0.29) is 11.8 Å². The largest absolute Gasteiger partial charge is 0.493 e. The average molecular weight is 308 g/mol. The van der Waals surface area contributed by atoms with E-state index in [4.69, 9.17) is 9.47 Å². The third kappa shape index (κ3) is 4.92. The lowest BCUT2D eigenvalue weighted by molar-refractivity contribution is -0.885. The molecular formula is C15H22N3O4+. The predicted octanol–water partition coefficient (Wildman–Crippen LogP) is -1.80. The number of quaternary nitrogens is 1. The zero-order chi connectivity index (χ0) is 15.8. The summed E-state index contributed by atoms with van der Waals surface area (Å²) in [6, 6.07) is 7.36. The minimum Gasteiger partial charge on any atom is -0.493 e. The Balaban J connectivity index is 1.65. The molecule has 1 unspecified atom stereocenters. The van der Waals surface area contributed by atoms with Gasteiger partial charge in [0.05, 0.1) is 26.7 Å². The van der Waals surface area contributed by atoms with Crippen LogP contribution in [0.5, 0.6) is 11.5 Å². The van der Waals surface area contributed by atoms with Gasteiger partial charge >= 0.3 is 0 Å². The molecule has 1 atom stereocenters. The number of methoxy groups -OCH3 is 1. The standard InChI is InChI=1S/C15H21N3O4/c1-21-12-4-2-3-5-13(12)22-9-7-17-15(20)11-18-8-6-16-14(19)10-18/h2-5H,6-11H2,1H3,(H,16,19)(H,17,20)/p+1. The molecule has 0 aromatic heterocycles. The van der Waals surface area contributed by atoms with Gasteiger partial charge in [-0.25, -0.2) is 0 Å². The van der Waals surface area contributed by atoms with Crippen LogP contribution in [0.15, 0.2) is 24.3 Å². The first-order chi connectivity index (χ1) is 10.7. The van der Waals surface area contributed by atoms with E-state index in [2.05, 4.69) is 10.6 Å². The van der Waals surface area contributed by atoms with E-state index in [1.807, 2.05) is 24.3 Å². The molecule has 120 valence electrons. The van der Waals surface area contributed by atoms with Crippen molar-refractivity contribution in [1.29, 1.82) is 0 Å². The molecule has 1 aromatic rings. The SMILES string of the molecule is COc1ccccc1OCCNC(=O)C[NH+]1CCNC(=O)C1. The van der Waals surface area contributed by atoms with Crippen molar-refractivity contribution in [3.05, 3.63) is 24.3 Å². The molecule has 7 nitrogen and oxygen atoms in total. The Morgan fingerprint density at radius 3 is 2.86 bits per heavy atom. The maximum atomic E-state index is 11.8. The van der Waals surface area contributed by atoms with Crippen LogP contribution < -0.4 is 25.0 Å². The first-order valence-corrected chi connectivity index (χ1v) is 7.32. The zero-order valence-electron chi connectivity index (χ0n) is 12.7. The van der Waals surface area contributed by atoms with Crippen molar-refractivity contribution in [2.45, 2.75) is 0 Å². The quantitative estimate of drug-likeness (QED) is 0.520. The van der Waals surface area contributed by atoms with Crippen LogP contribution in [0.3, 0.4) is 0 Å². The summed E-state index contributed by atoms with van der Waals surface area (Å²) >= 11 is 0. The molecule has 0 spiro atoms. The van der Waals surface area contributed by atoms with E-state index < -0.39 is 0 Å². The second-order valence-electron chi connectivity index (χ2n) is 5.05. The van der Waals surface area contributed by atoms with E-state index >= 15 is 0 Å². The molecule has 2 rings (SSSR count). The fraction of sp³-hybridized carbons (Fsp3) is 0.467. The van der Waals surface area contributed by atoms with Gasteiger partial charge in [0.1, 0.15) is 6.61 Å². The number of rotatable bonds is 7. The molecule has 0 saturated carbocycles. The molecule has 0 radical (unpaired) electrons. The lowest BCUT2D eigenvalue weighted by atomic mass is 10.3. The maximum Gasteiger partial charge on any atom is 0.275 e. The Morgan fingerprint density at radius 1 is 1.36 bits per heavy atom. The first-order valence-electron chi connectivity index (χ1n) is 7.32. The summed E-state index contributed by atoms with van der Waals surface area (Å²) < 4.78 is 10.8. The van der Waals surface area contributed by atoms with Crippen molar-refractivity contribution in [3.63, 3.8) is 0 Å². The molecule has 1 aliphatic rings. The van der Waals surface area contributed by atoms with Crippen LogP contribution in [0.25, 0.3) is 0 Å². The highest BCUT2D eigenvalue weighted by Gasteiger charge is 2.21. The van der Waals surface area contributed by atoms with Crippen molar-refractivity contribution < 1.29 is 24.0 Å². The predicted molar refractivity (Wildman–Crippen MR) is 80.1 cm³/mol. The monoisotopic (exact) mass is 308 g/mol. The number of carbonyl (C=O) groups excluding carboxylic acids is 2. The van der Waals surface area contributed by atoms with Gasteiger partial charge in [-0.15, -0.1) is 0 Å². The van der Waals surface area contributed by atoms with Gasteiger partial charge in [-0.05, 0) is 12.1 Å². The number of carbonyl (C=O) groups is 2. The third-order valence-electron chi connectivity index (χ3n) is 3.37. The molecule has 22 heavy (non-hydrogen) atoms. The van der Waals surface area contributed by atoms with Gasteiger partial charge in [0, 0.05) is 0 Å². The average Bonchev–Trinajstić information content (AvgIpc) is 2.52. The number of benzene rings is 1. The van der Waals surface area contributed by atoms with Crippen LogP contribution in [-0.4, -0.2) is 58.3 Å². The lowest BCUT2D eigenvalue weighted by Gasteiger charge is -2.22. The van der Waals surface area contributed by atoms with Crippen molar-refractivity contribution in [3.8, 4) is 11.5 Å². The summed E-state index contributed by atoms with van der Waals surface area (Å²) in [6.45, 7) is 2.83. The first kappa shape index (κ1) is 16.1. The fourth-order valence-electron chi connectivity index (χ4n) is 2.29. The van der Waals surface area contributed by atoms with Crippen molar-refractivity contribution in [2.24, 2.45) is 0 Å². The minimum absolute atomic E-state index is 0.00597. The summed E-state index contributed by atoms with van der Waals surface area (Å²) in [5, 5.41) is 5.54. The minimum atomic E-state index is -0.0756. The van der Waals surface area contributed by atoms with Crippen molar-refractivity contribution in [2.75, 3.05) is 46.4 Å². The highest BCUT2D eigenvalue weighted by atomic mass is 16.5. The normalized spacial score (nSPS) is 17.5. The van der Waals surface area contributed by atoms with Crippen molar-refractivity contribution in [1.82, 2.24) is 10.6 Å². The number of para-hydroxylation sites is 2. The molecule has 1 saturated heterocycles. The molecule has 1 fully saturated rings. The van der Waals surface area contributed by atoms with Crippen LogP contribution >= 0.6 is 0 Å². The Labute approximate surface area is 129 Å². The van der Waals surface area contributed by atoms with E-state index in [1.54, 1.807) is 7.11 Å². The summed E-state index contributed by atoms with van der Waals surface area (Å²) in [7, 11) is 1.58. The second-order valence-corrected chi connectivity index (χ2v) is 5.05. The summed E-state index contributed by atoms with van der Waals surface area (Å²) in [5.74, 6) is 1.23. The highest BCUT2D eigenvalue weighted by Crippen LogP contribution is 2.25. The van der Waals surface area contributed by atoms with Crippen molar-refractivity contribution >= 4 is 11.8 Å². The fourth-order valence-corrected chi connectivity index (χ4v) is 2.29. The molecule has 0 bridgehead atoms. The van der Waals surface area contributed by atoms with Gasteiger partial charge < -0.3 is 25.0 Å². The van der Waals surface area contributed by atoms with Gasteiger partial charge in [-0.1, -0.05) is 12.1 Å². The second kappa shape index (κ2) is 8.23. The van der Waals surface area contributed by atoms with Gasteiger partial charge in [0.15, 0.2) is 24.6 Å². The Kier molecular flexibility index (Phi) is 6.02. The summed E-state index contributed by atoms with van der Waals surface area (Å²) in [5.41, 5.74) is 0. The molecule has 7 heteroatoms. The molecule has 1 heterocycles. The van der Waals surface area contributed by atoms with Gasteiger partial charge in [0.25, 0.3) is 11.8 Å². The molecular weight excluding hydrogens is 286 g/mol. The van der Waals surface area contributed by atoms with E-state index in [0.717, 1.165) is 11.4 Å². The van der Waals surface area contributed by atoms with E-state index in [0.29, 0.717) is 44.3 Å². The smallest absolute Gasteiger partial charge is 0.275 e. The molecule has 0 aliphatic carbocycles. The van der Waals surface area contributed by atoms with E-state index in [9.17, 15) is 9.59 Å². The van der Waals surface area contributed by atoms with Crippen LogP contribution in [-0.2, 0) is 9.59 Å². The van der Waals surface area contributed by atoms with Crippen LogP contribution in [0, 0.1) is 0 Å². The number of piperazine rings is 1. The van der Waals surface area contributed by atoms with E-state index in [1.165, 1.54) is 0 Å². The Morgan fingerprint density at radius 2 is 2.14 bits per heavy atom. The number of hydrogen-bond donors (Lipinski definition) is 3. The Bertz CT molecular complexity index is 521. The van der Waals surface area contributed by atoms with Crippen LogP contribution in [0.2, 0.25) is 0 Å². The molecule has 1 aliphatic heterocycles. The Hall–Kier alpha value is -2.28. The molecule has 2 amide bonds. The zero-order valence-corrected chi connectivity index (χ0v) is 12.7. The lowest BCUT2D eigenvalue weighted by Crippen LogP contribution is -3.16. The molecule has 3 N–H and O–H groups in total. The topological polar surface area (TPSA) is 81.1 Å². The summed E-state index contributed by atoms with van der Waals surface area (Å²) in [6.07, 6.45) is 0. The maximum absolute atomic E-state index is 11.8. The van der Waals surface area contributed by atoms with Gasteiger partial charge in [0.2, 0.25) is 0 Å². The van der Waals surface area contributed by atoms with Gasteiger partial charge in [-0.2, -0.15) is 0 Å². The third-order valence-corrected chi connectivity index (χ3v) is 3.37. The van der Waals surface area contributed by atoms with Crippen LogP contribution in [0.1, 0.15) is 0 Å². The number of hydrogen-bond acceptors (Lipinski definition) is 4. The highest BCUT2D eigenvalue weighted by molar-refractivity contribution is 5.79. The van der Waals surface area contributed by atoms with Crippen LogP contribution in [0.4, 0.5) is 0 Å². The number of ether oxygens (including phenoxy) is 2. The summed E-state index contributed by atoms with van der Waals surface area (Å²) in [4.78, 5) is 24.0. The van der Waals surface area contributed by atoms with Gasteiger partial charge in [-0.3, -0.25) is 9.59 Å². The molecule has 1 aromatic carbocycles. The number of nitrogens with one attached hydrogen (secondary N) is 3.